The van der Waals surface area contributed by atoms with E-state index in [1.165, 1.54) is 6.42 Å². The van der Waals surface area contributed by atoms with Crippen LogP contribution in [0.25, 0.3) is 0 Å². The third-order valence-corrected chi connectivity index (χ3v) is 4.30. The van der Waals surface area contributed by atoms with Crippen molar-refractivity contribution in [3.8, 4) is 0 Å². The highest BCUT2D eigenvalue weighted by atomic mass is 16.3. The Morgan fingerprint density at radius 2 is 2.10 bits per heavy atom. The number of nitrogens with zero attached hydrogens (tertiary/aromatic N) is 1. The molecule has 0 spiro atoms. The molecule has 0 radical (unpaired) electrons. The van der Waals surface area contributed by atoms with Crippen molar-refractivity contribution in [3.63, 3.8) is 0 Å². The molecule has 1 saturated carbocycles. The summed E-state index contributed by atoms with van der Waals surface area (Å²) >= 11 is 0. The average molecular weight is 278 g/mol. The van der Waals surface area contributed by atoms with Crippen LogP contribution in [0.4, 0.5) is 0 Å². The van der Waals surface area contributed by atoms with Gasteiger partial charge in [0.2, 0.25) is 0 Å². The normalized spacial score (nSPS) is 22.8. The van der Waals surface area contributed by atoms with Crippen molar-refractivity contribution in [3.05, 3.63) is 23.7 Å². The highest BCUT2D eigenvalue weighted by Gasteiger charge is 2.28. The van der Waals surface area contributed by atoms with Gasteiger partial charge < -0.3 is 14.6 Å². The van der Waals surface area contributed by atoms with Crippen LogP contribution >= 0.6 is 0 Å². The second-order valence-corrected chi connectivity index (χ2v) is 5.81. The molecule has 0 bridgehead atoms. The third kappa shape index (κ3) is 3.42. The van der Waals surface area contributed by atoms with Crippen LogP contribution in [0.15, 0.2) is 16.7 Å². The van der Waals surface area contributed by atoms with E-state index in [0.29, 0.717) is 17.8 Å². The molecule has 112 valence electrons. The van der Waals surface area contributed by atoms with Crippen LogP contribution < -0.4 is 5.32 Å². The van der Waals surface area contributed by atoms with Crippen LogP contribution in [0, 0.1) is 6.92 Å². The van der Waals surface area contributed by atoms with Gasteiger partial charge in [0, 0.05) is 24.7 Å². The SMILES string of the molecule is CCCNC1CCC(N(C)C(=O)c2occc2C)CC1. The lowest BCUT2D eigenvalue weighted by atomic mass is 9.90. The topological polar surface area (TPSA) is 45.5 Å². The number of carbonyl (C=O) groups is 1. The Morgan fingerprint density at radius 1 is 1.40 bits per heavy atom. The molecule has 0 aliphatic heterocycles. The Balaban J connectivity index is 1.87. The molecular formula is C16H26N2O2. The molecule has 1 fully saturated rings. The summed E-state index contributed by atoms with van der Waals surface area (Å²) in [5.41, 5.74) is 0.917. The maximum Gasteiger partial charge on any atom is 0.289 e. The maximum absolute atomic E-state index is 12.4. The monoisotopic (exact) mass is 278 g/mol. The minimum Gasteiger partial charge on any atom is -0.459 e. The Hall–Kier alpha value is -1.29. The van der Waals surface area contributed by atoms with E-state index in [4.69, 9.17) is 4.42 Å². The average Bonchev–Trinajstić information content (AvgIpc) is 2.90. The van der Waals surface area contributed by atoms with Crippen molar-refractivity contribution in [2.24, 2.45) is 0 Å². The van der Waals surface area contributed by atoms with E-state index in [1.807, 2.05) is 24.9 Å². The third-order valence-electron chi connectivity index (χ3n) is 4.30. The van der Waals surface area contributed by atoms with Gasteiger partial charge in [-0.2, -0.15) is 0 Å². The van der Waals surface area contributed by atoms with E-state index in [-0.39, 0.29) is 5.91 Å². The predicted octanol–water partition coefficient (Wildman–Crippen LogP) is 2.97. The largest absolute Gasteiger partial charge is 0.459 e. The zero-order valence-electron chi connectivity index (χ0n) is 12.8. The van der Waals surface area contributed by atoms with Crippen LogP contribution in [-0.4, -0.2) is 36.5 Å². The van der Waals surface area contributed by atoms with Crippen molar-refractivity contribution in [1.82, 2.24) is 10.2 Å². The van der Waals surface area contributed by atoms with Gasteiger partial charge in [-0.25, -0.2) is 0 Å². The quantitative estimate of drug-likeness (QED) is 0.900. The molecule has 1 N–H and O–H groups in total. The van der Waals surface area contributed by atoms with Crippen LogP contribution in [-0.2, 0) is 0 Å². The van der Waals surface area contributed by atoms with E-state index < -0.39 is 0 Å². The predicted molar refractivity (Wildman–Crippen MR) is 79.9 cm³/mol. The number of hydrogen-bond donors (Lipinski definition) is 1. The van der Waals surface area contributed by atoms with Crippen LogP contribution in [0.1, 0.15) is 55.1 Å². The first-order valence-electron chi connectivity index (χ1n) is 7.68. The molecule has 1 aromatic rings. The smallest absolute Gasteiger partial charge is 0.289 e. The molecule has 4 heteroatoms. The summed E-state index contributed by atoms with van der Waals surface area (Å²) in [6.07, 6.45) is 7.21. The van der Waals surface area contributed by atoms with Gasteiger partial charge in [-0.1, -0.05) is 6.92 Å². The second-order valence-electron chi connectivity index (χ2n) is 5.81. The highest BCUT2D eigenvalue weighted by Crippen LogP contribution is 2.24. The fourth-order valence-electron chi connectivity index (χ4n) is 2.93. The zero-order chi connectivity index (χ0) is 14.5. The van der Waals surface area contributed by atoms with Gasteiger partial charge in [-0.3, -0.25) is 4.79 Å². The molecule has 0 saturated heterocycles. The van der Waals surface area contributed by atoms with E-state index in [9.17, 15) is 4.79 Å². The minimum absolute atomic E-state index is 0.0115. The summed E-state index contributed by atoms with van der Waals surface area (Å²) in [5, 5.41) is 3.57. The molecule has 0 atom stereocenters. The van der Waals surface area contributed by atoms with Gasteiger partial charge in [-0.15, -0.1) is 0 Å². The van der Waals surface area contributed by atoms with E-state index in [1.54, 1.807) is 6.26 Å². The lowest BCUT2D eigenvalue weighted by molar-refractivity contribution is 0.0651. The van der Waals surface area contributed by atoms with Gasteiger partial charge in [0.15, 0.2) is 5.76 Å². The van der Waals surface area contributed by atoms with Crippen molar-refractivity contribution < 1.29 is 9.21 Å². The number of rotatable bonds is 5. The van der Waals surface area contributed by atoms with Gasteiger partial charge in [-0.05, 0) is 51.6 Å². The van der Waals surface area contributed by atoms with Crippen LogP contribution in [0.5, 0.6) is 0 Å². The summed E-state index contributed by atoms with van der Waals surface area (Å²) in [6, 6.07) is 2.80. The number of furan rings is 1. The molecule has 1 aliphatic rings. The Morgan fingerprint density at radius 3 is 2.65 bits per heavy atom. The number of aryl methyl sites for hydroxylation is 1. The van der Waals surface area contributed by atoms with Crippen molar-refractivity contribution in [1.29, 1.82) is 0 Å². The van der Waals surface area contributed by atoms with Crippen molar-refractivity contribution in [2.75, 3.05) is 13.6 Å². The molecule has 1 aliphatic carbocycles. The van der Waals surface area contributed by atoms with Crippen molar-refractivity contribution in [2.45, 2.75) is 58.0 Å². The Labute approximate surface area is 121 Å². The molecule has 2 rings (SSSR count). The lowest BCUT2D eigenvalue weighted by Gasteiger charge is -2.34. The summed E-state index contributed by atoms with van der Waals surface area (Å²) in [4.78, 5) is 14.3. The molecule has 1 amide bonds. The van der Waals surface area contributed by atoms with Crippen LogP contribution in [0.3, 0.4) is 0 Å². The molecule has 4 nitrogen and oxygen atoms in total. The van der Waals surface area contributed by atoms with Crippen LogP contribution in [0.2, 0.25) is 0 Å². The van der Waals surface area contributed by atoms with Gasteiger partial charge >= 0.3 is 0 Å². The maximum atomic E-state index is 12.4. The molecule has 1 aromatic heterocycles. The molecular weight excluding hydrogens is 252 g/mol. The zero-order valence-corrected chi connectivity index (χ0v) is 12.8. The highest BCUT2D eigenvalue weighted by molar-refractivity contribution is 5.92. The fraction of sp³-hybridized carbons (Fsp3) is 0.688. The van der Waals surface area contributed by atoms with Crippen molar-refractivity contribution >= 4 is 5.91 Å². The number of carbonyl (C=O) groups excluding carboxylic acids is 1. The van der Waals surface area contributed by atoms with Gasteiger partial charge in [0.25, 0.3) is 5.91 Å². The summed E-state index contributed by atoms with van der Waals surface area (Å²) in [6.45, 7) is 5.20. The van der Waals surface area contributed by atoms with E-state index in [2.05, 4.69) is 12.2 Å². The fourth-order valence-corrected chi connectivity index (χ4v) is 2.93. The second kappa shape index (κ2) is 6.93. The number of hydrogen-bond acceptors (Lipinski definition) is 3. The molecule has 1 heterocycles. The first-order chi connectivity index (χ1) is 9.63. The molecule has 0 aromatic carbocycles. The lowest BCUT2D eigenvalue weighted by Crippen LogP contribution is -2.43. The number of amides is 1. The summed E-state index contributed by atoms with van der Waals surface area (Å²) in [5.74, 6) is 0.496. The Bertz CT molecular complexity index is 433. The summed E-state index contributed by atoms with van der Waals surface area (Å²) in [7, 11) is 1.90. The van der Waals surface area contributed by atoms with E-state index >= 15 is 0 Å². The first-order valence-corrected chi connectivity index (χ1v) is 7.68. The molecule has 20 heavy (non-hydrogen) atoms. The standard InChI is InChI=1S/C16H26N2O2/c1-4-10-17-13-5-7-14(8-6-13)18(3)16(19)15-12(2)9-11-20-15/h9,11,13-14,17H,4-8,10H2,1-3H3. The van der Waals surface area contributed by atoms with E-state index in [0.717, 1.165) is 37.8 Å². The first kappa shape index (κ1) is 15.1. The Kier molecular flexibility index (Phi) is 5.24. The van der Waals surface area contributed by atoms with Gasteiger partial charge in [0.05, 0.1) is 6.26 Å². The summed E-state index contributed by atoms with van der Waals surface area (Å²) < 4.78 is 5.31. The number of nitrogens with one attached hydrogen (secondary N) is 1. The minimum atomic E-state index is 0.0115. The molecule has 0 unspecified atom stereocenters. The van der Waals surface area contributed by atoms with Gasteiger partial charge in [0.1, 0.15) is 0 Å².